The van der Waals surface area contributed by atoms with Gasteiger partial charge in [-0.3, -0.25) is 0 Å². The number of thiophene rings is 1. The Labute approximate surface area is 77.6 Å². The van der Waals surface area contributed by atoms with Crippen LogP contribution in [0.1, 0.15) is 0 Å². The summed E-state index contributed by atoms with van der Waals surface area (Å²) in [7, 11) is 0. The molecule has 1 aromatic carbocycles. The zero-order valence-corrected chi connectivity index (χ0v) is 7.49. The van der Waals surface area contributed by atoms with Crippen molar-refractivity contribution in [2.45, 2.75) is 0 Å². The maximum absolute atomic E-state index is 9.36. The molecule has 2 aromatic rings. The molecule has 0 fully saturated rings. The molecule has 0 aliphatic heterocycles. The monoisotopic (exact) mass is 200 g/mol. The number of hydrogen-bond donors (Lipinski definition) is 2. The Morgan fingerprint density at radius 3 is 2.75 bits per heavy atom. The van der Waals surface area contributed by atoms with Crippen molar-refractivity contribution in [1.29, 1.82) is 0 Å². The summed E-state index contributed by atoms with van der Waals surface area (Å²) in [5.41, 5.74) is 0. The van der Waals surface area contributed by atoms with Crippen molar-refractivity contribution in [3.05, 3.63) is 22.5 Å². The summed E-state index contributed by atoms with van der Waals surface area (Å²) in [5, 5.41) is 21.5. The topological polar surface area (TPSA) is 40.5 Å². The smallest absolute Gasteiger partial charge is 0.137 e. The number of benzene rings is 1. The number of fused-ring (bicyclic) bond motifs is 1. The van der Waals surface area contributed by atoms with Gasteiger partial charge in [-0.15, -0.1) is 11.3 Å². The van der Waals surface area contributed by atoms with Crippen LogP contribution >= 0.6 is 22.9 Å². The van der Waals surface area contributed by atoms with Crippen LogP contribution in [0.25, 0.3) is 10.1 Å². The minimum Gasteiger partial charge on any atom is -0.508 e. The first kappa shape index (κ1) is 7.71. The first-order valence-corrected chi connectivity index (χ1v) is 4.53. The highest BCUT2D eigenvalue weighted by atomic mass is 35.5. The Balaban J connectivity index is 2.92. The van der Waals surface area contributed by atoms with Crippen molar-refractivity contribution < 1.29 is 10.2 Å². The van der Waals surface area contributed by atoms with E-state index >= 15 is 0 Å². The highest BCUT2D eigenvalue weighted by molar-refractivity contribution is 7.18. The van der Waals surface area contributed by atoms with Gasteiger partial charge in [0, 0.05) is 16.8 Å². The maximum atomic E-state index is 9.36. The van der Waals surface area contributed by atoms with Crippen LogP contribution in [-0.4, -0.2) is 10.2 Å². The van der Waals surface area contributed by atoms with Gasteiger partial charge < -0.3 is 10.2 Å². The summed E-state index contributed by atoms with van der Waals surface area (Å²) in [6, 6.07) is 2.84. The molecule has 0 aliphatic carbocycles. The fraction of sp³-hybridized carbons (Fsp3) is 0. The summed E-state index contributed by atoms with van der Waals surface area (Å²) < 4.78 is 0.706. The van der Waals surface area contributed by atoms with Gasteiger partial charge in [-0.1, -0.05) is 11.6 Å². The Hall–Kier alpha value is -0.930. The lowest BCUT2D eigenvalue weighted by Gasteiger charge is -1.96. The number of rotatable bonds is 0. The molecule has 2 N–H and O–H groups in total. The van der Waals surface area contributed by atoms with Crippen LogP contribution in [0.2, 0.25) is 5.02 Å². The Morgan fingerprint density at radius 2 is 2.00 bits per heavy atom. The molecule has 0 amide bonds. The summed E-state index contributed by atoms with van der Waals surface area (Å²) in [5.74, 6) is 0.0993. The van der Waals surface area contributed by atoms with Gasteiger partial charge in [0.15, 0.2) is 0 Å². The molecule has 0 radical (unpaired) electrons. The second-order valence-electron chi connectivity index (χ2n) is 2.43. The third-order valence-corrected chi connectivity index (χ3v) is 3.05. The molecule has 1 aromatic heterocycles. The molecule has 2 nitrogen and oxygen atoms in total. The molecular formula is C8H5ClO2S. The largest absolute Gasteiger partial charge is 0.508 e. The van der Waals surface area contributed by atoms with Gasteiger partial charge >= 0.3 is 0 Å². The van der Waals surface area contributed by atoms with Crippen LogP contribution in [0.5, 0.6) is 11.5 Å². The molecule has 4 heteroatoms. The molecular weight excluding hydrogens is 196 g/mol. The Morgan fingerprint density at radius 1 is 1.25 bits per heavy atom. The maximum Gasteiger partial charge on any atom is 0.137 e. The number of phenols is 2. The Bertz CT molecular complexity index is 436. The summed E-state index contributed by atoms with van der Waals surface area (Å²) >= 11 is 7.16. The lowest BCUT2D eigenvalue weighted by atomic mass is 10.2. The standard InChI is InChI=1S/C8H5ClO2S/c9-6-3-12-8-5(6)1-4(10)2-7(8)11/h1-3,10-11H. The highest BCUT2D eigenvalue weighted by Gasteiger charge is 2.07. The lowest BCUT2D eigenvalue weighted by molar-refractivity contribution is 0.455. The van der Waals surface area contributed by atoms with E-state index < -0.39 is 0 Å². The van der Waals surface area contributed by atoms with Crippen molar-refractivity contribution >= 4 is 33.0 Å². The molecule has 0 spiro atoms. The molecule has 0 saturated heterocycles. The van der Waals surface area contributed by atoms with Crippen LogP contribution in [-0.2, 0) is 0 Å². The number of aromatic hydroxyl groups is 2. The van der Waals surface area contributed by atoms with E-state index in [2.05, 4.69) is 0 Å². The highest BCUT2D eigenvalue weighted by Crippen LogP contribution is 2.38. The quantitative estimate of drug-likeness (QED) is 0.687. The van der Waals surface area contributed by atoms with Crippen LogP contribution in [0.15, 0.2) is 17.5 Å². The summed E-state index contributed by atoms with van der Waals surface area (Å²) in [6.45, 7) is 0. The molecule has 62 valence electrons. The van der Waals surface area contributed by atoms with Gasteiger partial charge in [0.25, 0.3) is 0 Å². The third-order valence-electron chi connectivity index (χ3n) is 1.59. The third kappa shape index (κ3) is 1.02. The SMILES string of the molecule is Oc1cc(O)c2scc(Cl)c2c1. The van der Waals surface area contributed by atoms with E-state index in [4.69, 9.17) is 16.7 Å². The van der Waals surface area contributed by atoms with Gasteiger partial charge in [-0.05, 0) is 6.07 Å². The van der Waals surface area contributed by atoms with E-state index in [1.807, 2.05) is 0 Å². The second kappa shape index (κ2) is 2.54. The van der Waals surface area contributed by atoms with Gasteiger partial charge in [0.2, 0.25) is 0 Å². The minimum absolute atomic E-state index is 0.0281. The lowest BCUT2D eigenvalue weighted by Crippen LogP contribution is -1.67. The Kier molecular flexibility index (Phi) is 1.63. The van der Waals surface area contributed by atoms with Crippen LogP contribution in [0.4, 0.5) is 0 Å². The number of phenolic OH excluding ortho intramolecular Hbond substituents is 2. The summed E-state index contributed by atoms with van der Waals surface area (Å²) in [4.78, 5) is 0. The number of halogens is 1. The van der Waals surface area contributed by atoms with Crippen molar-refractivity contribution in [1.82, 2.24) is 0 Å². The van der Waals surface area contributed by atoms with Gasteiger partial charge in [0.1, 0.15) is 11.5 Å². The average molecular weight is 201 g/mol. The molecule has 1 heterocycles. The molecule has 12 heavy (non-hydrogen) atoms. The van der Waals surface area contributed by atoms with Gasteiger partial charge in [-0.2, -0.15) is 0 Å². The second-order valence-corrected chi connectivity index (χ2v) is 3.71. The van der Waals surface area contributed by atoms with Crippen molar-refractivity contribution in [2.24, 2.45) is 0 Å². The molecule has 0 aliphatic rings. The molecule has 2 rings (SSSR count). The fourth-order valence-corrected chi connectivity index (χ4v) is 2.24. The molecule has 0 saturated carbocycles. The molecule has 0 bridgehead atoms. The predicted octanol–water partition coefficient (Wildman–Crippen LogP) is 2.97. The minimum atomic E-state index is 0.0281. The molecule has 0 atom stereocenters. The van der Waals surface area contributed by atoms with Gasteiger partial charge in [0.05, 0.1) is 9.72 Å². The van der Waals surface area contributed by atoms with Crippen LogP contribution in [0.3, 0.4) is 0 Å². The predicted molar refractivity (Wildman–Crippen MR) is 50.2 cm³/mol. The normalized spacial score (nSPS) is 10.8. The molecule has 0 unspecified atom stereocenters. The van der Waals surface area contributed by atoms with E-state index in [9.17, 15) is 5.11 Å². The van der Waals surface area contributed by atoms with Crippen molar-refractivity contribution in [3.63, 3.8) is 0 Å². The van der Waals surface area contributed by atoms with E-state index in [-0.39, 0.29) is 11.5 Å². The zero-order valence-electron chi connectivity index (χ0n) is 5.91. The zero-order chi connectivity index (χ0) is 8.72. The van der Waals surface area contributed by atoms with E-state index in [0.717, 1.165) is 0 Å². The van der Waals surface area contributed by atoms with Crippen molar-refractivity contribution in [2.75, 3.05) is 0 Å². The summed E-state index contributed by atoms with van der Waals surface area (Å²) in [6.07, 6.45) is 0. The van der Waals surface area contributed by atoms with Gasteiger partial charge in [-0.25, -0.2) is 0 Å². The fourth-order valence-electron chi connectivity index (χ4n) is 1.07. The van der Waals surface area contributed by atoms with E-state index in [1.54, 1.807) is 5.38 Å². The average Bonchev–Trinajstić information content (AvgIpc) is 2.33. The van der Waals surface area contributed by atoms with E-state index in [1.165, 1.54) is 23.5 Å². The van der Waals surface area contributed by atoms with Crippen LogP contribution < -0.4 is 0 Å². The first-order chi connectivity index (χ1) is 5.68. The van der Waals surface area contributed by atoms with Crippen molar-refractivity contribution in [3.8, 4) is 11.5 Å². The van der Waals surface area contributed by atoms with E-state index in [0.29, 0.717) is 15.1 Å². The van der Waals surface area contributed by atoms with Crippen LogP contribution in [0, 0.1) is 0 Å². The first-order valence-electron chi connectivity index (χ1n) is 3.27. The number of hydrogen-bond acceptors (Lipinski definition) is 3.